The zero-order chi connectivity index (χ0) is 23.1. The van der Waals surface area contributed by atoms with Crippen molar-refractivity contribution in [2.24, 2.45) is 0 Å². The van der Waals surface area contributed by atoms with Gasteiger partial charge < -0.3 is 24.1 Å². The van der Waals surface area contributed by atoms with Gasteiger partial charge >= 0.3 is 0 Å². The summed E-state index contributed by atoms with van der Waals surface area (Å²) in [5.74, 6) is -0.828. The number of piperazine rings is 1. The number of nitrogens with zero attached hydrogens (tertiary/aromatic N) is 3. The number of carbonyl (C=O) groups excluding carboxylic acids is 2. The number of nitrogens with one attached hydrogen (secondary N) is 1. The van der Waals surface area contributed by atoms with Crippen molar-refractivity contribution in [3.8, 4) is 0 Å². The van der Waals surface area contributed by atoms with Gasteiger partial charge in [0.1, 0.15) is 11.4 Å². The molecule has 5 rings (SSSR count). The van der Waals surface area contributed by atoms with Gasteiger partial charge in [0.15, 0.2) is 5.76 Å². The number of aromatic nitrogens is 1. The van der Waals surface area contributed by atoms with E-state index in [9.17, 15) is 14.4 Å². The Kier molecular flexibility index (Phi) is 5.39. The van der Waals surface area contributed by atoms with Crippen molar-refractivity contribution < 1.29 is 18.4 Å². The average molecular weight is 452 g/mol. The first kappa shape index (κ1) is 21.2. The van der Waals surface area contributed by atoms with Gasteiger partial charge in [-0.05, 0) is 44.0 Å². The predicted molar refractivity (Wildman–Crippen MR) is 121 cm³/mol. The smallest absolute Gasteiger partial charge is 0.289 e. The van der Waals surface area contributed by atoms with Gasteiger partial charge in [-0.2, -0.15) is 0 Å². The largest absolute Gasteiger partial charge is 0.459 e. The molecule has 1 aromatic carbocycles. The van der Waals surface area contributed by atoms with Crippen molar-refractivity contribution in [2.45, 2.75) is 32.4 Å². The Bertz CT molecular complexity index is 1270. The van der Waals surface area contributed by atoms with Crippen LogP contribution in [0.4, 0.5) is 10.1 Å². The molecule has 1 saturated heterocycles. The Morgan fingerprint density at radius 1 is 1.18 bits per heavy atom. The Balaban J connectivity index is 1.42. The second-order valence-corrected chi connectivity index (χ2v) is 8.48. The number of benzene rings is 1. The fourth-order valence-corrected chi connectivity index (χ4v) is 4.26. The molecule has 0 spiro atoms. The van der Waals surface area contributed by atoms with E-state index in [0.29, 0.717) is 43.9 Å². The van der Waals surface area contributed by atoms with Gasteiger partial charge in [0.2, 0.25) is 5.43 Å². The van der Waals surface area contributed by atoms with Crippen LogP contribution >= 0.6 is 0 Å². The van der Waals surface area contributed by atoms with Crippen LogP contribution in [0, 0.1) is 5.82 Å². The number of aryl methyl sites for hydroxylation is 1. The molecule has 9 heteroatoms. The SMILES string of the molecule is CCn1cc(C(=O)NC2CC2)c(=O)c2cc(F)c(N3CCN(C(=O)c4ccco4)CC3)cc21. The summed E-state index contributed by atoms with van der Waals surface area (Å²) in [6.45, 7) is 4.20. The third kappa shape index (κ3) is 3.99. The molecule has 2 amide bonds. The molecule has 1 N–H and O–H groups in total. The van der Waals surface area contributed by atoms with E-state index < -0.39 is 17.2 Å². The molecule has 3 heterocycles. The molecular formula is C24H25FN4O4. The van der Waals surface area contributed by atoms with Crippen LogP contribution in [0.2, 0.25) is 0 Å². The molecule has 0 atom stereocenters. The Morgan fingerprint density at radius 2 is 1.94 bits per heavy atom. The summed E-state index contributed by atoms with van der Waals surface area (Å²) in [5, 5.41) is 3.02. The average Bonchev–Trinajstić information content (AvgIpc) is 3.46. The minimum absolute atomic E-state index is 0.0356. The molecule has 3 aromatic rings. The van der Waals surface area contributed by atoms with Crippen LogP contribution in [0.3, 0.4) is 0 Å². The van der Waals surface area contributed by atoms with Gasteiger partial charge in [0.25, 0.3) is 11.8 Å². The summed E-state index contributed by atoms with van der Waals surface area (Å²) < 4.78 is 22.2. The van der Waals surface area contributed by atoms with E-state index in [0.717, 1.165) is 12.8 Å². The minimum Gasteiger partial charge on any atom is -0.459 e. The Labute approximate surface area is 189 Å². The number of rotatable bonds is 5. The summed E-state index contributed by atoms with van der Waals surface area (Å²) in [7, 11) is 0. The maximum absolute atomic E-state index is 15.2. The molecule has 0 unspecified atom stereocenters. The van der Waals surface area contributed by atoms with E-state index in [2.05, 4.69) is 5.32 Å². The fraction of sp³-hybridized carbons (Fsp3) is 0.375. The maximum atomic E-state index is 15.2. The van der Waals surface area contributed by atoms with Gasteiger partial charge in [0.05, 0.1) is 17.5 Å². The quantitative estimate of drug-likeness (QED) is 0.643. The van der Waals surface area contributed by atoms with E-state index in [1.54, 1.807) is 33.9 Å². The number of furan rings is 1. The number of pyridine rings is 1. The molecule has 33 heavy (non-hydrogen) atoms. The molecule has 172 valence electrons. The number of fused-ring (bicyclic) bond motifs is 1. The lowest BCUT2D eigenvalue weighted by molar-refractivity contribution is 0.0714. The second-order valence-electron chi connectivity index (χ2n) is 8.48. The number of hydrogen-bond donors (Lipinski definition) is 1. The first-order valence-electron chi connectivity index (χ1n) is 11.2. The highest BCUT2D eigenvalue weighted by Gasteiger charge is 2.28. The van der Waals surface area contributed by atoms with Gasteiger partial charge in [-0.25, -0.2) is 4.39 Å². The van der Waals surface area contributed by atoms with Crippen molar-refractivity contribution >= 4 is 28.4 Å². The summed E-state index contributed by atoms with van der Waals surface area (Å²) >= 11 is 0. The molecule has 1 aliphatic heterocycles. The summed E-state index contributed by atoms with van der Waals surface area (Å²) in [6.07, 6.45) is 4.85. The minimum atomic E-state index is -0.521. The van der Waals surface area contributed by atoms with E-state index in [1.165, 1.54) is 12.3 Å². The van der Waals surface area contributed by atoms with Crippen LogP contribution in [0.15, 0.2) is 45.9 Å². The lowest BCUT2D eigenvalue weighted by Gasteiger charge is -2.36. The van der Waals surface area contributed by atoms with Gasteiger partial charge in [-0.15, -0.1) is 0 Å². The van der Waals surface area contributed by atoms with Gasteiger partial charge in [-0.3, -0.25) is 14.4 Å². The summed E-state index contributed by atoms with van der Waals surface area (Å²) in [5.41, 5.74) is 0.529. The van der Waals surface area contributed by atoms with Crippen molar-refractivity contribution in [3.63, 3.8) is 0 Å². The molecule has 0 bridgehead atoms. The first-order chi connectivity index (χ1) is 16.0. The van der Waals surface area contributed by atoms with Crippen molar-refractivity contribution in [1.82, 2.24) is 14.8 Å². The highest BCUT2D eigenvalue weighted by atomic mass is 19.1. The van der Waals surface area contributed by atoms with Crippen LogP contribution in [-0.2, 0) is 6.54 Å². The number of anilines is 1. The molecule has 0 radical (unpaired) electrons. The summed E-state index contributed by atoms with van der Waals surface area (Å²) in [6, 6.07) is 6.32. The monoisotopic (exact) mass is 452 g/mol. The Hall–Kier alpha value is -3.62. The second kappa shape index (κ2) is 8.38. The van der Waals surface area contributed by atoms with Crippen LogP contribution in [0.1, 0.15) is 40.7 Å². The number of halogens is 1. The molecular weight excluding hydrogens is 427 g/mol. The van der Waals surface area contributed by atoms with Crippen LogP contribution in [0.5, 0.6) is 0 Å². The molecule has 1 aliphatic carbocycles. The summed E-state index contributed by atoms with van der Waals surface area (Å²) in [4.78, 5) is 41.6. The highest BCUT2D eigenvalue weighted by molar-refractivity contribution is 5.98. The maximum Gasteiger partial charge on any atom is 0.289 e. The van der Waals surface area contributed by atoms with Crippen molar-refractivity contribution in [3.05, 3.63) is 64.1 Å². The fourth-order valence-electron chi connectivity index (χ4n) is 4.26. The molecule has 8 nitrogen and oxygen atoms in total. The van der Waals surface area contributed by atoms with Crippen molar-refractivity contribution in [2.75, 3.05) is 31.1 Å². The molecule has 2 fully saturated rings. The Morgan fingerprint density at radius 3 is 2.58 bits per heavy atom. The van der Waals surface area contributed by atoms with E-state index in [-0.39, 0.29) is 28.7 Å². The topological polar surface area (TPSA) is 87.8 Å². The zero-order valence-electron chi connectivity index (χ0n) is 18.3. The molecule has 2 aromatic heterocycles. The highest BCUT2D eigenvalue weighted by Crippen LogP contribution is 2.27. The van der Waals surface area contributed by atoms with E-state index in [1.807, 2.05) is 11.8 Å². The number of amides is 2. The molecule has 1 saturated carbocycles. The van der Waals surface area contributed by atoms with E-state index >= 15 is 4.39 Å². The standard InChI is InChI=1S/C24H25FN4O4/c1-2-27-14-17(23(31)26-15-5-6-15)22(30)16-12-18(25)20(13-19(16)27)28-7-9-29(10-8-28)24(32)21-4-3-11-33-21/h3-4,11-15H,2,5-10H2,1H3,(H,26,31). The van der Waals surface area contributed by atoms with Gasteiger partial charge in [0, 0.05) is 50.3 Å². The lowest BCUT2D eigenvalue weighted by atomic mass is 10.1. The third-order valence-corrected chi connectivity index (χ3v) is 6.29. The van der Waals surface area contributed by atoms with Crippen molar-refractivity contribution in [1.29, 1.82) is 0 Å². The number of hydrogen-bond acceptors (Lipinski definition) is 5. The lowest BCUT2D eigenvalue weighted by Crippen LogP contribution is -2.49. The van der Waals surface area contributed by atoms with Crippen LogP contribution < -0.4 is 15.6 Å². The normalized spacial score (nSPS) is 16.3. The zero-order valence-corrected chi connectivity index (χ0v) is 18.3. The first-order valence-corrected chi connectivity index (χ1v) is 11.2. The molecule has 2 aliphatic rings. The van der Waals surface area contributed by atoms with Crippen LogP contribution in [-0.4, -0.2) is 53.5 Å². The number of carbonyl (C=O) groups is 2. The van der Waals surface area contributed by atoms with Gasteiger partial charge in [-0.1, -0.05) is 0 Å². The predicted octanol–water partition coefficient (Wildman–Crippen LogP) is 2.61. The van der Waals surface area contributed by atoms with Crippen LogP contribution in [0.25, 0.3) is 10.9 Å². The van der Waals surface area contributed by atoms with E-state index in [4.69, 9.17) is 4.42 Å². The third-order valence-electron chi connectivity index (χ3n) is 6.29.